The molecule has 1 aromatic heterocycles. The molecule has 1 fully saturated rings. The maximum atomic E-state index is 11.7. The molecular weight excluding hydrogens is 242 g/mol. The summed E-state index contributed by atoms with van der Waals surface area (Å²) in [6.45, 7) is 0.657. The molecule has 98 valence electrons. The summed E-state index contributed by atoms with van der Waals surface area (Å²) in [4.78, 5) is 14.8. The fraction of sp³-hybridized carbons (Fsp3) is 0.286. The molecule has 1 aliphatic rings. The molecule has 2 aromatic rings. The van der Waals surface area contributed by atoms with Crippen molar-refractivity contribution in [2.75, 3.05) is 6.61 Å². The summed E-state index contributed by atoms with van der Waals surface area (Å²) in [5.74, 6) is -0.173. The van der Waals surface area contributed by atoms with Crippen molar-refractivity contribution in [2.45, 2.75) is 18.9 Å². The van der Waals surface area contributed by atoms with Crippen LogP contribution in [0.15, 0.2) is 35.6 Å². The van der Waals surface area contributed by atoms with Gasteiger partial charge in [0.1, 0.15) is 6.10 Å². The van der Waals surface area contributed by atoms with Gasteiger partial charge in [0, 0.05) is 29.3 Å². The number of hydrogen-bond acceptors (Lipinski definition) is 3. The third-order valence-corrected chi connectivity index (χ3v) is 3.22. The molecule has 1 amide bonds. The zero-order valence-electron chi connectivity index (χ0n) is 10.4. The van der Waals surface area contributed by atoms with E-state index in [9.17, 15) is 4.79 Å². The van der Waals surface area contributed by atoms with Crippen LogP contribution in [0.1, 0.15) is 18.4 Å². The Morgan fingerprint density at radius 3 is 3.21 bits per heavy atom. The molecule has 1 aliphatic heterocycles. The predicted molar refractivity (Wildman–Crippen MR) is 73.0 cm³/mol. The molecule has 0 saturated carbocycles. The maximum absolute atomic E-state index is 11.7. The standard InChI is InChI=1S/C14H15N3O2/c18-14(13-6-3-7-19-13)17-16-9-10-8-15-12-5-2-1-4-11(10)12/h1-2,4-5,8-9,13,15H,3,6-7H2,(H,17,18). The molecule has 1 aromatic carbocycles. The van der Waals surface area contributed by atoms with E-state index in [-0.39, 0.29) is 12.0 Å². The van der Waals surface area contributed by atoms with Crippen molar-refractivity contribution < 1.29 is 9.53 Å². The predicted octanol–water partition coefficient (Wildman–Crippen LogP) is 1.80. The minimum Gasteiger partial charge on any atom is -0.368 e. The fourth-order valence-corrected chi connectivity index (χ4v) is 2.22. The molecule has 0 radical (unpaired) electrons. The number of H-pyrrole nitrogens is 1. The van der Waals surface area contributed by atoms with Crippen LogP contribution >= 0.6 is 0 Å². The Labute approximate surface area is 110 Å². The van der Waals surface area contributed by atoms with Crippen LogP contribution in [0.25, 0.3) is 10.9 Å². The van der Waals surface area contributed by atoms with Crippen LogP contribution < -0.4 is 5.43 Å². The van der Waals surface area contributed by atoms with Gasteiger partial charge in [0.05, 0.1) is 6.21 Å². The number of benzene rings is 1. The molecule has 3 rings (SSSR count). The van der Waals surface area contributed by atoms with Gasteiger partial charge in [0.15, 0.2) is 0 Å². The van der Waals surface area contributed by atoms with E-state index in [1.807, 2.05) is 30.5 Å². The molecule has 1 unspecified atom stereocenters. The lowest BCUT2D eigenvalue weighted by atomic mass is 10.2. The van der Waals surface area contributed by atoms with Gasteiger partial charge in [-0.25, -0.2) is 5.43 Å². The van der Waals surface area contributed by atoms with Crippen molar-refractivity contribution in [3.05, 3.63) is 36.0 Å². The first-order valence-corrected chi connectivity index (χ1v) is 6.35. The van der Waals surface area contributed by atoms with Crippen LogP contribution in [-0.2, 0) is 9.53 Å². The Morgan fingerprint density at radius 1 is 1.47 bits per heavy atom. The number of carbonyl (C=O) groups excluding carboxylic acids is 1. The highest BCUT2D eigenvalue weighted by Gasteiger charge is 2.22. The van der Waals surface area contributed by atoms with Crippen LogP contribution in [0.4, 0.5) is 0 Å². The Bertz CT molecular complexity index is 612. The summed E-state index contributed by atoms with van der Waals surface area (Å²) in [7, 11) is 0. The number of nitrogens with zero attached hydrogens (tertiary/aromatic N) is 1. The number of ether oxygens (including phenoxy) is 1. The van der Waals surface area contributed by atoms with Crippen molar-refractivity contribution in [2.24, 2.45) is 5.10 Å². The molecule has 0 bridgehead atoms. The fourth-order valence-electron chi connectivity index (χ4n) is 2.22. The number of carbonyl (C=O) groups is 1. The van der Waals surface area contributed by atoms with Gasteiger partial charge in [-0.1, -0.05) is 18.2 Å². The number of hydrogen-bond donors (Lipinski definition) is 2. The molecule has 2 heterocycles. The van der Waals surface area contributed by atoms with Crippen molar-refractivity contribution in [1.82, 2.24) is 10.4 Å². The number of rotatable bonds is 3. The second-order valence-electron chi connectivity index (χ2n) is 4.53. The van der Waals surface area contributed by atoms with Crippen LogP contribution in [-0.4, -0.2) is 29.8 Å². The summed E-state index contributed by atoms with van der Waals surface area (Å²) in [5, 5.41) is 5.07. The van der Waals surface area contributed by atoms with Gasteiger partial charge < -0.3 is 9.72 Å². The number of aromatic nitrogens is 1. The molecule has 0 spiro atoms. The highest BCUT2D eigenvalue weighted by molar-refractivity contribution is 5.99. The third-order valence-electron chi connectivity index (χ3n) is 3.22. The first-order chi connectivity index (χ1) is 9.34. The Kier molecular flexibility index (Phi) is 3.29. The lowest BCUT2D eigenvalue weighted by Gasteiger charge is -2.05. The Hall–Kier alpha value is -2.14. The number of para-hydroxylation sites is 1. The van der Waals surface area contributed by atoms with Crippen molar-refractivity contribution in [3.63, 3.8) is 0 Å². The van der Waals surface area contributed by atoms with E-state index in [2.05, 4.69) is 15.5 Å². The Balaban J connectivity index is 1.67. The Morgan fingerprint density at radius 2 is 2.37 bits per heavy atom. The topological polar surface area (TPSA) is 66.5 Å². The summed E-state index contributed by atoms with van der Waals surface area (Å²) >= 11 is 0. The van der Waals surface area contributed by atoms with E-state index in [0.29, 0.717) is 6.61 Å². The summed E-state index contributed by atoms with van der Waals surface area (Å²) in [6.07, 6.45) is 4.87. The third kappa shape index (κ3) is 2.51. The van der Waals surface area contributed by atoms with Gasteiger partial charge in [-0.3, -0.25) is 4.79 Å². The lowest BCUT2D eigenvalue weighted by molar-refractivity contribution is -0.130. The number of fused-ring (bicyclic) bond motifs is 1. The molecule has 5 nitrogen and oxygen atoms in total. The number of hydrazone groups is 1. The van der Waals surface area contributed by atoms with Gasteiger partial charge >= 0.3 is 0 Å². The van der Waals surface area contributed by atoms with E-state index in [1.165, 1.54) is 0 Å². The quantitative estimate of drug-likeness (QED) is 0.650. The van der Waals surface area contributed by atoms with Crippen LogP contribution in [0, 0.1) is 0 Å². The second kappa shape index (κ2) is 5.24. The SMILES string of the molecule is O=C(NN=Cc1c[nH]c2ccccc12)C1CCCO1. The molecule has 5 heteroatoms. The van der Waals surface area contributed by atoms with E-state index < -0.39 is 0 Å². The zero-order chi connectivity index (χ0) is 13.1. The zero-order valence-corrected chi connectivity index (χ0v) is 10.4. The highest BCUT2D eigenvalue weighted by atomic mass is 16.5. The first-order valence-electron chi connectivity index (χ1n) is 6.35. The van der Waals surface area contributed by atoms with E-state index in [1.54, 1.807) is 6.21 Å². The highest BCUT2D eigenvalue weighted by Crippen LogP contribution is 2.15. The van der Waals surface area contributed by atoms with E-state index in [0.717, 1.165) is 29.3 Å². The lowest BCUT2D eigenvalue weighted by Crippen LogP contribution is -2.30. The monoisotopic (exact) mass is 257 g/mol. The smallest absolute Gasteiger partial charge is 0.269 e. The van der Waals surface area contributed by atoms with Crippen LogP contribution in [0.3, 0.4) is 0 Å². The van der Waals surface area contributed by atoms with E-state index in [4.69, 9.17) is 4.74 Å². The van der Waals surface area contributed by atoms with E-state index >= 15 is 0 Å². The van der Waals surface area contributed by atoms with Gasteiger partial charge in [-0.2, -0.15) is 5.10 Å². The summed E-state index contributed by atoms with van der Waals surface area (Å²) in [5.41, 5.74) is 4.52. The minimum absolute atomic E-state index is 0.173. The van der Waals surface area contributed by atoms with Gasteiger partial charge in [0.25, 0.3) is 5.91 Å². The molecule has 1 saturated heterocycles. The summed E-state index contributed by atoms with van der Waals surface area (Å²) in [6, 6.07) is 7.95. The molecular formula is C14H15N3O2. The summed E-state index contributed by atoms with van der Waals surface area (Å²) < 4.78 is 5.28. The normalized spacial score (nSPS) is 19.3. The second-order valence-corrected chi connectivity index (χ2v) is 4.53. The van der Waals surface area contributed by atoms with Gasteiger partial charge in [-0.05, 0) is 18.9 Å². The number of nitrogens with one attached hydrogen (secondary N) is 2. The maximum Gasteiger partial charge on any atom is 0.269 e. The van der Waals surface area contributed by atoms with Crippen molar-refractivity contribution >= 4 is 23.0 Å². The largest absolute Gasteiger partial charge is 0.368 e. The van der Waals surface area contributed by atoms with Crippen molar-refractivity contribution in [3.8, 4) is 0 Å². The average molecular weight is 257 g/mol. The first kappa shape index (κ1) is 11.9. The van der Waals surface area contributed by atoms with Crippen LogP contribution in [0.2, 0.25) is 0 Å². The molecule has 1 atom stereocenters. The van der Waals surface area contributed by atoms with Gasteiger partial charge in [0.2, 0.25) is 0 Å². The molecule has 19 heavy (non-hydrogen) atoms. The van der Waals surface area contributed by atoms with Crippen LogP contribution in [0.5, 0.6) is 0 Å². The number of amides is 1. The average Bonchev–Trinajstić information content (AvgIpc) is 3.08. The van der Waals surface area contributed by atoms with Crippen molar-refractivity contribution in [1.29, 1.82) is 0 Å². The minimum atomic E-state index is -0.347. The molecule has 2 N–H and O–H groups in total. The number of aromatic amines is 1. The van der Waals surface area contributed by atoms with Gasteiger partial charge in [-0.15, -0.1) is 0 Å². The molecule has 0 aliphatic carbocycles.